The van der Waals surface area contributed by atoms with Crippen molar-refractivity contribution in [3.8, 4) is 34.3 Å². The molecular formula is C27H18ClF4NO5. The van der Waals surface area contributed by atoms with Crippen molar-refractivity contribution in [3.05, 3.63) is 77.2 Å². The number of hydrogen-bond acceptors (Lipinski definition) is 5. The van der Waals surface area contributed by atoms with Gasteiger partial charge in [0.25, 0.3) is 0 Å². The van der Waals surface area contributed by atoms with Gasteiger partial charge in [0.15, 0.2) is 35.7 Å². The lowest BCUT2D eigenvalue weighted by Crippen LogP contribution is -3.00. The van der Waals surface area contributed by atoms with Crippen molar-refractivity contribution >= 4 is 16.7 Å². The number of halogens is 5. The first-order chi connectivity index (χ1) is 17.7. The molecule has 1 aromatic heterocycles. The lowest BCUT2D eigenvalue weighted by atomic mass is 9.95. The lowest BCUT2D eigenvalue weighted by Gasteiger charge is -2.18. The molecule has 0 amide bonds. The number of nitrogens with zero attached hydrogens (tertiary/aromatic N) is 1. The fourth-order valence-corrected chi connectivity index (χ4v) is 4.77. The summed E-state index contributed by atoms with van der Waals surface area (Å²) in [7, 11) is 1.34. The number of carbonyl (C=O) groups is 1. The van der Waals surface area contributed by atoms with Crippen molar-refractivity contribution in [2.24, 2.45) is 0 Å². The van der Waals surface area contributed by atoms with Crippen LogP contribution >= 0.6 is 0 Å². The predicted octanol–water partition coefficient (Wildman–Crippen LogP) is 2.47. The van der Waals surface area contributed by atoms with Gasteiger partial charge in [-0.15, -0.1) is 0 Å². The van der Waals surface area contributed by atoms with Crippen LogP contribution in [0.15, 0.2) is 54.7 Å². The van der Waals surface area contributed by atoms with E-state index in [1.165, 1.54) is 13.2 Å². The van der Waals surface area contributed by atoms with Crippen molar-refractivity contribution in [2.45, 2.75) is 19.1 Å². The van der Waals surface area contributed by atoms with Crippen molar-refractivity contribution in [2.75, 3.05) is 13.9 Å². The van der Waals surface area contributed by atoms with Gasteiger partial charge in [-0.25, -0.2) is 9.18 Å². The van der Waals surface area contributed by atoms with Gasteiger partial charge < -0.3 is 31.4 Å². The molecule has 0 bridgehead atoms. The SMILES string of the molecule is COc1ccc2cc3[n+](cc2c1OC(=O)c1c(F)cccc1C(F)(F)F)CCc1cc2c(cc1-3)OCO2.[Cl-]. The molecule has 0 unspecified atom stereocenters. The lowest BCUT2D eigenvalue weighted by molar-refractivity contribution is -0.686. The van der Waals surface area contributed by atoms with Crippen LogP contribution in [0.2, 0.25) is 0 Å². The highest BCUT2D eigenvalue weighted by Crippen LogP contribution is 2.42. The van der Waals surface area contributed by atoms with Gasteiger partial charge in [-0.1, -0.05) is 6.07 Å². The van der Waals surface area contributed by atoms with Crippen molar-refractivity contribution in [1.29, 1.82) is 0 Å². The molecule has 0 N–H and O–H groups in total. The molecule has 0 fully saturated rings. The molecule has 3 aromatic carbocycles. The van der Waals surface area contributed by atoms with Crippen molar-refractivity contribution in [3.63, 3.8) is 0 Å². The summed E-state index contributed by atoms with van der Waals surface area (Å²) in [5, 5.41) is 1.07. The average Bonchev–Trinajstić information content (AvgIpc) is 3.33. The molecule has 4 aromatic rings. The summed E-state index contributed by atoms with van der Waals surface area (Å²) in [6, 6.07) is 11.3. The molecule has 0 radical (unpaired) electrons. The first-order valence-electron chi connectivity index (χ1n) is 11.3. The Bertz CT molecular complexity index is 1610. The highest BCUT2D eigenvalue weighted by molar-refractivity contribution is 5.98. The van der Waals surface area contributed by atoms with Gasteiger partial charge in [-0.05, 0) is 47.3 Å². The van der Waals surface area contributed by atoms with Crippen LogP contribution < -0.4 is 35.9 Å². The number of carbonyl (C=O) groups excluding carboxylic acids is 1. The largest absolute Gasteiger partial charge is 1.00 e. The Hall–Kier alpha value is -4.05. The van der Waals surface area contributed by atoms with E-state index in [0.717, 1.165) is 29.0 Å². The zero-order valence-corrected chi connectivity index (χ0v) is 20.5. The van der Waals surface area contributed by atoms with Gasteiger partial charge >= 0.3 is 12.1 Å². The smallest absolute Gasteiger partial charge is 0.417 e. The Kier molecular flexibility index (Phi) is 6.30. The van der Waals surface area contributed by atoms with E-state index in [4.69, 9.17) is 18.9 Å². The highest BCUT2D eigenvalue weighted by atomic mass is 35.5. The van der Waals surface area contributed by atoms with Crippen LogP contribution in [0.3, 0.4) is 0 Å². The van der Waals surface area contributed by atoms with Gasteiger partial charge in [0.2, 0.25) is 12.5 Å². The standard InChI is InChI=1S/C27H18F4NO5.ClH/c1-34-21-6-5-14-9-20-16-11-23-22(35-13-36-23)10-15(16)7-8-32(20)12-17(14)25(21)37-26(33)24-18(27(29,30)31)3-2-4-19(24)28;/h2-6,9-12H,7-8,13H2,1H3;1H/q+1;/p-1. The zero-order chi connectivity index (χ0) is 25.9. The Morgan fingerprint density at radius 3 is 2.55 bits per heavy atom. The van der Waals surface area contributed by atoms with E-state index in [-0.39, 0.29) is 30.7 Å². The average molecular weight is 548 g/mol. The third-order valence-corrected chi connectivity index (χ3v) is 6.51. The maximum absolute atomic E-state index is 14.4. The van der Waals surface area contributed by atoms with E-state index in [1.807, 2.05) is 22.8 Å². The van der Waals surface area contributed by atoms with Crippen molar-refractivity contribution < 1.29 is 58.3 Å². The second-order valence-electron chi connectivity index (χ2n) is 8.61. The monoisotopic (exact) mass is 547 g/mol. The number of rotatable bonds is 3. The van der Waals surface area contributed by atoms with Crippen LogP contribution in [0.25, 0.3) is 22.0 Å². The van der Waals surface area contributed by atoms with E-state index < -0.39 is 29.1 Å². The first-order valence-corrected chi connectivity index (χ1v) is 11.3. The number of esters is 1. The Morgan fingerprint density at radius 2 is 1.82 bits per heavy atom. The van der Waals surface area contributed by atoms with E-state index in [9.17, 15) is 22.4 Å². The fraction of sp³-hybridized carbons (Fsp3) is 0.185. The molecule has 38 heavy (non-hydrogen) atoms. The quantitative estimate of drug-likeness (QED) is 0.171. The summed E-state index contributed by atoms with van der Waals surface area (Å²) in [6.07, 6.45) is -2.51. The minimum atomic E-state index is -4.95. The summed E-state index contributed by atoms with van der Waals surface area (Å²) in [5.41, 5.74) is 0.308. The predicted molar refractivity (Wildman–Crippen MR) is 122 cm³/mol. The molecule has 0 atom stereocenters. The maximum Gasteiger partial charge on any atom is 0.417 e. The second kappa shape index (κ2) is 9.36. The number of alkyl halides is 3. The number of ether oxygens (including phenoxy) is 4. The summed E-state index contributed by atoms with van der Waals surface area (Å²) in [6.45, 7) is 0.747. The van der Waals surface area contributed by atoms with Gasteiger partial charge in [-0.2, -0.15) is 17.7 Å². The molecule has 6 nitrogen and oxygen atoms in total. The van der Waals surface area contributed by atoms with E-state index in [1.54, 1.807) is 12.3 Å². The molecule has 196 valence electrons. The van der Waals surface area contributed by atoms with Gasteiger partial charge in [0.1, 0.15) is 11.4 Å². The molecule has 0 saturated carbocycles. The zero-order valence-electron chi connectivity index (χ0n) is 19.7. The Morgan fingerprint density at radius 1 is 1.05 bits per heavy atom. The number of fused-ring (bicyclic) bond motifs is 5. The van der Waals surface area contributed by atoms with Crippen molar-refractivity contribution in [1.82, 2.24) is 0 Å². The van der Waals surface area contributed by atoms with Gasteiger partial charge in [0.05, 0.1) is 23.6 Å². The number of hydrogen-bond donors (Lipinski definition) is 0. The molecule has 2 aliphatic heterocycles. The van der Waals surface area contributed by atoms with Crippen LogP contribution in [-0.4, -0.2) is 19.9 Å². The number of aromatic nitrogens is 1. The third kappa shape index (κ3) is 4.14. The summed E-state index contributed by atoms with van der Waals surface area (Å²) >= 11 is 0. The van der Waals surface area contributed by atoms with Crippen LogP contribution in [-0.2, 0) is 19.1 Å². The van der Waals surface area contributed by atoms with E-state index in [2.05, 4.69) is 0 Å². The van der Waals surface area contributed by atoms with Crippen LogP contribution in [0.4, 0.5) is 17.6 Å². The number of methoxy groups -OCH3 is 1. The molecule has 11 heteroatoms. The molecular weight excluding hydrogens is 530 g/mol. The molecule has 0 aliphatic carbocycles. The van der Waals surface area contributed by atoms with E-state index in [0.29, 0.717) is 41.3 Å². The summed E-state index contributed by atoms with van der Waals surface area (Å²) < 4.78 is 78.7. The molecule has 3 heterocycles. The minimum absolute atomic E-state index is 0. The number of benzene rings is 3. The second-order valence-corrected chi connectivity index (χ2v) is 8.61. The normalized spacial score (nSPS) is 13.4. The van der Waals surface area contributed by atoms with Gasteiger partial charge in [0, 0.05) is 12.5 Å². The first kappa shape index (κ1) is 25.6. The van der Waals surface area contributed by atoms with Gasteiger partial charge in [-0.3, -0.25) is 0 Å². The fourth-order valence-electron chi connectivity index (χ4n) is 4.77. The molecule has 0 spiro atoms. The third-order valence-electron chi connectivity index (χ3n) is 6.51. The topological polar surface area (TPSA) is 57.9 Å². The summed E-state index contributed by atoms with van der Waals surface area (Å²) in [4.78, 5) is 12.9. The Labute approximate surface area is 219 Å². The van der Waals surface area contributed by atoms with Crippen LogP contribution in [0, 0.1) is 5.82 Å². The van der Waals surface area contributed by atoms with Crippen LogP contribution in [0.1, 0.15) is 21.5 Å². The molecule has 0 saturated heterocycles. The van der Waals surface area contributed by atoms with E-state index >= 15 is 0 Å². The maximum atomic E-state index is 14.4. The summed E-state index contributed by atoms with van der Waals surface area (Å²) in [5.74, 6) is -1.46. The van der Waals surface area contributed by atoms with Crippen LogP contribution in [0.5, 0.6) is 23.0 Å². The number of aryl methyl sites for hydroxylation is 2. The number of pyridine rings is 1. The molecule has 2 aliphatic rings. The minimum Gasteiger partial charge on any atom is -1.00 e. The highest BCUT2D eigenvalue weighted by Gasteiger charge is 2.38. The Balaban J connectivity index is 0.00000294. The molecule has 6 rings (SSSR count).